The predicted octanol–water partition coefficient (Wildman–Crippen LogP) is 4.61. The second-order valence-corrected chi connectivity index (χ2v) is 6.96. The van der Waals surface area contributed by atoms with E-state index in [2.05, 4.69) is 5.32 Å². The van der Waals surface area contributed by atoms with Crippen molar-refractivity contribution in [3.8, 4) is 0 Å². The van der Waals surface area contributed by atoms with Crippen molar-refractivity contribution in [2.24, 2.45) is 0 Å². The van der Waals surface area contributed by atoms with E-state index < -0.39 is 41.1 Å². The molecule has 1 atom stereocenters. The van der Waals surface area contributed by atoms with Gasteiger partial charge >= 0.3 is 5.97 Å². The number of esters is 1. The fraction of sp³-hybridized carbons (Fsp3) is 0.333. The number of anilines is 1. The molecule has 0 bridgehead atoms. The molecule has 1 aromatic carbocycles. The number of ether oxygens (including phenoxy) is 1. The lowest BCUT2D eigenvalue weighted by Crippen LogP contribution is -2.30. The fourth-order valence-corrected chi connectivity index (χ4v) is 3.22. The number of benzene rings is 1. The van der Waals surface area contributed by atoms with Crippen LogP contribution in [0.5, 0.6) is 0 Å². The largest absolute Gasteiger partial charge is 0.448 e. The zero-order chi connectivity index (χ0) is 19.4. The first-order valence-corrected chi connectivity index (χ1v) is 8.80. The van der Waals surface area contributed by atoms with E-state index in [0.717, 1.165) is 29.3 Å². The number of hydrogen-bond acceptors (Lipinski definition) is 4. The Labute approximate surface area is 153 Å². The van der Waals surface area contributed by atoms with Crippen LogP contribution in [0.2, 0.25) is 0 Å². The van der Waals surface area contributed by atoms with Crippen molar-refractivity contribution >= 4 is 28.9 Å². The first-order valence-electron chi connectivity index (χ1n) is 7.99. The molecule has 4 nitrogen and oxygen atoms in total. The lowest BCUT2D eigenvalue weighted by Gasteiger charge is -2.13. The molecule has 0 saturated carbocycles. The van der Waals surface area contributed by atoms with E-state index in [1.54, 1.807) is 6.07 Å². The molecule has 2 rings (SSSR count). The zero-order valence-electron chi connectivity index (χ0n) is 14.5. The molecule has 0 aliphatic carbocycles. The number of aryl methyl sites for hydroxylation is 2. The molecule has 1 amide bonds. The van der Waals surface area contributed by atoms with Gasteiger partial charge in [0.1, 0.15) is 4.88 Å². The van der Waals surface area contributed by atoms with E-state index in [9.17, 15) is 22.8 Å². The first kappa shape index (κ1) is 20.0. The molecule has 1 unspecified atom stereocenters. The van der Waals surface area contributed by atoms with Crippen molar-refractivity contribution in [2.45, 2.75) is 39.7 Å². The summed E-state index contributed by atoms with van der Waals surface area (Å²) in [6, 6.07) is 3.31. The van der Waals surface area contributed by atoms with Crippen molar-refractivity contribution < 1.29 is 27.5 Å². The van der Waals surface area contributed by atoms with E-state index in [-0.39, 0.29) is 0 Å². The second kappa shape index (κ2) is 8.35. The maximum Gasteiger partial charge on any atom is 0.349 e. The van der Waals surface area contributed by atoms with Gasteiger partial charge in [-0.05, 0) is 44.0 Å². The molecule has 1 heterocycles. The molecule has 1 N–H and O–H groups in total. The summed E-state index contributed by atoms with van der Waals surface area (Å²) < 4.78 is 44.8. The summed E-state index contributed by atoms with van der Waals surface area (Å²) in [6.45, 7) is 5.23. The van der Waals surface area contributed by atoms with Crippen molar-refractivity contribution in [1.29, 1.82) is 0 Å². The van der Waals surface area contributed by atoms with Gasteiger partial charge in [0.05, 0.1) is 5.69 Å². The summed E-state index contributed by atoms with van der Waals surface area (Å²) in [4.78, 5) is 25.6. The highest BCUT2D eigenvalue weighted by Gasteiger charge is 2.23. The summed E-state index contributed by atoms with van der Waals surface area (Å²) in [5.41, 5.74) is 0.513. The molecule has 0 aliphatic rings. The van der Waals surface area contributed by atoms with Crippen LogP contribution < -0.4 is 5.32 Å². The minimum atomic E-state index is -1.69. The molecule has 1 aromatic heterocycles. The predicted molar refractivity (Wildman–Crippen MR) is 92.9 cm³/mol. The van der Waals surface area contributed by atoms with Gasteiger partial charge in [-0.25, -0.2) is 18.0 Å². The third kappa shape index (κ3) is 4.43. The third-order valence-corrected chi connectivity index (χ3v) is 4.76. The molecule has 0 fully saturated rings. The van der Waals surface area contributed by atoms with Crippen molar-refractivity contribution in [3.63, 3.8) is 0 Å². The van der Waals surface area contributed by atoms with Crippen molar-refractivity contribution in [2.75, 3.05) is 5.32 Å². The Balaban J connectivity index is 2.04. The number of thiophene rings is 1. The standard InChI is InChI=1S/C18H18F3NO3S/c1-4-5-11-8-14(26-10(11)3)18(24)25-9(2)17(23)22-13-7-6-12(19)15(20)16(13)21/h6-9H,4-5H2,1-3H3,(H,22,23). The molecule has 2 aromatic rings. The Kier molecular flexibility index (Phi) is 6.42. The van der Waals surface area contributed by atoms with Gasteiger partial charge in [-0.15, -0.1) is 11.3 Å². The normalized spacial score (nSPS) is 11.9. The Morgan fingerprint density at radius 3 is 2.58 bits per heavy atom. The molecule has 26 heavy (non-hydrogen) atoms. The minimum absolute atomic E-state index is 0.365. The summed E-state index contributed by atoms with van der Waals surface area (Å²) in [6.07, 6.45) is 0.526. The van der Waals surface area contributed by atoms with E-state index >= 15 is 0 Å². The topological polar surface area (TPSA) is 55.4 Å². The van der Waals surface area contributed by atoms with Crippen LogP contribution in [-0.2, 0) is 16.0 Å². The van der Waals surface area contributed by atoms with Gasteiger partial charge in [0, 0.05) is 4.88 Å². The summed E-state index contributed by atoms with van der Waals surface area (Å²) in [7, 11) is 0. The molecule has 0 saturated heterocycles. The lowest BCUT2D eigenvalue weighted by molar-refractivity contribution is -0.123. The number of amides is 1. The highest BCUT2D eigenvalue weighted by Crippen LogP contribution is 2.24. The maximum absolute atomic E-state index is 13.6. The lowest BCUT2D eigenvalue weighted by atomic mass is 10.1. The van der Waals surface area contributed by atoms with Gasteiger partial charge in [-0.2, -0.15) is 0 Å². The maximum atomic E-state index is 13.6. The van der Waals surface area contributed by atoms with Gasteiger partial charge in [-0.3, -0.25) is 4.79 Å². The number of nitrogens with one attached hydrogen (secondary N) is 1. The number of carbonyl (C=O) groups excluding carboxylic acids is 2. The van der Waals surface area contributed by atoms with E-state index in [1.807, 2.05) is 13.8 Å². The van der Waals surface area contributed by atoms with Gasteiger partial charge in [0.2, 0.25) is 0 Å². The SMILES string of the molecule is CCCc1cc(C(=O)OC(C)C(=O)Nc2ccc(F)c(F)c2F)sc1C. The molecule has 0 spiro atoms. The van der Waals surface area contributed by atoms with E-state index in [4.69, 9.17) is 4.74 Å². The molecule has 8 heteroatoms. The quantitative estimate of drug-likeness (QED) is 0.584. The first-order chi connectivity index (χ1) is 12.2. The van der Waals surface area contributed by atoms with Gasteiger partial charge in [0.15, 0.2) is 23.6 Å². The fourth-order valence-electron chi connectivity index (χ4n) is 2.27. The Morgan fingerprint density at radius 1 is 1.23 bits per heavy atom. The molecular formula is C18H18F3NO3S. The van der Waals surface area contributed by atoms with Crippen LogP contribution in [0.25, 0.3) is 0 Å². The summed E-state index contributed by atoms with van der Waals surface area (Å²) in [5.74, 6) is -6.10. The van der Waals surface area contributed by atoms with Crippen LogP contribution in [0.1, 0.15) is 40.4 Å². The smallest absolute Gasteiger partial charge is 0.349 e. The van der Waals surface area contributed by atoms with Gasteiger partial charge < -0.3 is 10.1 Å². The highest BCUT2D eigenvalue weighted by atomic mass is 32.1. The second-order valence-electron chi connectivity index (χ2n) is 5.70. The molecule has 0 aliphatic heterocycles. The highest BCUT2D eigenvalue weighted by molar-refractivity contribution is 7.14. The van der Waals surface area contributed by atoms with Crippen LogP contribution in [0.15, 0.2) is 18.2 Å². The van der Waals surface area contributed by atoms with Crippen LogP contribution in [-0.4, -0.2) is 18.0 Å². The third-order valence-electron chi connectivity index (χ3n) is 3.69. The Morgan fingerprint density at radius 2 is 1.92 bits per heavy atom. The number of rotatable bonds is 6. The number of carbonyl (C=O) groups is 2. The average molecular weight is 385 g/mol. The number of hydrogen-bond donors (Lipinski definition) is 1. The van der Waals surface area contributed by atoms with E-state index in [0.29, 0.717) is 10.9 Å². The van der Waals surface area contributed by atoms with E-state index in [1.165, 1.54) is 18.3 Å². The van der Waals surface area contributed by atoms with Crippen molar-refractivity contribution in [1.82, 2.24) is 0 Å². The van der Waals surface area contributed by atoms with Gasteiger partial charge in [0.25, 0.3) is 5.91 Å². The molecular weight excluding hydrogens is 367 g/mol. The minimum Gasteiger partial charge on any atom is -0.448 e. The van der Waals surface area contributed by atoms with Crippen LogP contribution in [0.4, 0.5) is 18.9 Å². The monoisotopic (exact) mass is 385 g/mol. The molecule has 140 valence electrons. The Hall–Kier alpha value is -2.35. The van der Waals surface area contributed by atoms with Crippen LogP contribution >= 0.6 is 11.3 Å². The average Bonchev–Trinajstić information content (AvgIpc) is 2.96. The van der Waals surface area contributed by atoms with Crippen LogP contribution in [0, 0.1) is 24.4 Å². The zero-order valence-corrected chi connectivity index (χ0v) is 15.3. The summed E-state index contributed by atoms with van der Waals surface area (Å²) >= 11 is 1.27. The number of halogens is 3. The summed E-state index contributed by atoms with van der Waals surface area (Å²) in [5, 5.41) is 2.08. The Bertz CT molecular complexity index is 835. The van der Waals surface area contributed by atoms with Gasteiger partial charge in [-0.1, -0.05) is 13.3 Å². The van der Waals surface area contributed by atoms with Crippen molar-refractivity contribution in [3.05, 3.63) is 51.0 Å². The van der Waals surface area contributed by atoms with Crippen LogP contribution in [0.3, 0.4) is 0 Å². The molecule has 0 radical (unpaired) electrons.